The zero-order valence-corrected chi connectivity index (χ0v) is 9.29. The monoisotopic (exact) mass is 181 g/mol. The molecule has 0 aromatic rings. The fourth-order valence-corrected chi connectivity index (χ4v) is 3.12. The molecule has 2 aliphatic rings. The lowest BCUT2D eigenvalue weighted by atomic mass is 10.0. The first-order chi connectivity index (χ1) is 6.18. The second-order valence-corrected chi connectivity index (χ2v) is 5.32. The summed E-state index contributed by atoms with van der Waals surface area (Å²) in [5.74, 6) is 1.91. The molecule has 13 heavy (non-hydrogen) atoms. The van der Waals surface area contributed by atoms with Crippen LogP contribution in [0.2, 0.25) is 0 Å². The van der Waals surface area contributed by atoms with E-state index in [0.29, 0.717) is 0 Å². The maximum Gasteiger partial charge on any atom is 0.0101 e. The van der Waals surface area contributed by atoms with E-state index < -0.39 is 0 Å². The lowest BCUT2D eigenvalue weighted by Crippen LogP contribution is -2.37. The van der Waals surface area contributed by atoms with Gasteiger partial charge in [0.05, 0.1) is 0 Å². The summed E-state index contributed by atoms with van der Waals surface area (Å²) >= 11 is 0. The number of hydrogen-bond donors (Lipinski definition) is 0. The zero-order valence-electron chi connectivity index (χ0n) is 9.29. The van der Waals surface area contributed by atoms with Crippen LogP contribution in [0.1, 0.15) is 46.5 Å². The van der Waals surface area contributed by atoms with Crippen LogP contribution in [0, 0.1) is 11.8 Å². The normalized spacial score (nSPS) is 47.3. The molecule has 4 atom stereocenters. The first-order valence-corrected chi connectivity index (χ1v) is 5.94. The average Bonchev–Trinajstić information content (AvgIpc) is 2.62. The first-order valence-electron chi connectivity index (χ1n) is 5.94. The van der Waals surface area contributed by atoms with Gasteiger partial charge in [0, 0.05) is 12.1 Å². The topological polar surface area (TPSA) is 3.24 Å². The van der Waals surface area contributed by atoms with E-state index in [9.17, 15) is 0 Å². The van der Waals surface area contributed by atoms with Crippen LogP contribution in [0.4, 0.5) is 0 Å². The Hall–Kier alpha value is -0.0400. The minimum Gasteiger partial charge on any atom is -0.297 e. The summed E-state index contributed by atoms with van der Waals surface area (Å²) in [5, 5.41) is 0. The summed E-state index contributed by atoms with van der Waals surface area (Å²) in [5.41, 5.74) is 0. The predicted octanol–water partition coefficient (Wildman–Crippen LogP) is 2.91. The predicted molar refractivity (Wildman–Crippen MR) is 56.8 cm³/mol. The first kappa shape index (κ1) is 9.51. The molecule has 0 spiro atoms. The molecule has 1 heteroatoms. The molecule has 4 unspecified atom stereocenters. The summed E-state index contributed by atoms with van der Waals surface area (Å²) in [6.45, 7) is 8.59. The van der Waals surface area contributed by atoms with Gasteiger partial charge < -0.3 is 0 Å². The van der Waals surface area contributed by atoms with Crippen molar-refractivity contribution in [3.63, 3.8) is 0 Å². The Morgan fingerprint density at radius 3 is 2.23 bits per heavy atom. The molecule has 0 aromatic heterocycles. The van der Waals surface area contributed by atoms with Crippen LogP contribution in [0.25, 0.3) is 0 Å². The van der Waals surface area contributed by atoms with Crippen molar-refractivity contribution in [2.75, 3.05) is 6.54 Å². The molecule has 1 nitrogen and oxygen atoms in total. The van der Waals surface area contributed by atoms with Gasteiger partial charge in [0.1, 0.15) is 0 Å². The van der Waals surface area contributed by atoms with Crippen molar-refractivity contribution in [3.05, 3.63) is 0 Å². The second-order valence-electron chi connectivity index (χ2n) is 5.32. The molecule has 76 valence electrons. The minimum absolute atomic E-state index is 0.843. The average molecular weight is 181 g/mol. The van der Waals surface area contributed by atoms with E-state index in [-0.39, 0.29) is 0 Å². The van der Waals surface area contributed by atoms with Gasteiger partial charge in [0.15, 0.2) is 0 Å². The molecule has 0 bridgehead atoms. The molecule has 1 aliphatic carbocycles. The zero-order chi connectivity index (χ0) is 9.42. The van der Waals surface area contributed by atoms with Gasteiger partial charge in [-0.3, -0.25) is 4.90 Å². The second kappa shape index (κ2) is 3.61. The highest BCUT2D eigenvalue weighted by Crippen LogP contribution is 2.34. The molecule has 0 amide bonds. The van der Waals surface area contributed by atoms with Gasteiger partial charge >= 0.3 is 0 Å². The van der Waals surface area contributed by atoms with E-state index in [1.54, 1.807) is 0 Å². The fraction of sp³-hybridized carbons (Fsp3) is 1.00. The standard InChI is InChI=1S/C12H23N/c1-9-4-5-12(8-9)13-7-6-10(2)11(13)3/h9-12H,4-8H2,1-3H3. The molecule has 2 fully saturated rings. The van der Waals surface area contributed by atoms with Gasteiger partial charge in [-0.15, -0.1) is 0 Å². The maximum atomic E-state index is 2.77. The highest BCUT2D eigenvalue weighted by atomic mass is 15.2. The Morgan fingerprint density at radius 1 is 1.00 bits per heavy atom. The summed E-state index contributed by atoms with van der Waals surface area (Å²) in [4.78, 5) is 2.77. The van der Waals surface area contributed by atoms with Crippen molar-refractivity contribution in [1.82, 2.24) is 4.90 Å². The van der Waals surface area contributed by atoms with Gasteiger partial charge in [-0.05, 0) is 51.0 Å². The molecular weight excluding hydrogens is 158 g/mol. The third-order valence-electron chi connectivity index (χ3n) is 4.33. The molecule has 1 saturated carbocycles. The molecular formula is C12H23N. The van der Waals surface area contributed by atoms with Crippen LogP contribution >= 0.6 is 0 Å². The highest BCUT2D eigenvalue weighted by Gasteiger charge is 2.35. The number of hydrogen-bond acceptors (Lipinski definition) is 1. The molecule has 1 heterocycles. The maximum absolute atomic E-state index is 2.77. The van der Waals surface area contributed by atoms with Gasteiger partial charge in [0.2, 0.25) is 0 Å². The SMILES string of the molecule is CC1CCC(N2CCC(C)C2C)C1. The van der Waals surface area contributed by atoms with Crippen molar-refractivity contribution in [3.8, 4) is 0 Å². The van der Waals surface area contributed by atoms with Crippen molar-refractivity contribution >= 4 is 0 Å². The summed E-state index contributed by atoms with van der Waals surface area (Å²) < 4.78 is 0. The number of likely N-dealkylation sites (tertiary alicyclic amines) is 1. The van der Waals surface area contributed by atoms with Crippen LogP contribution in [-0.4, -0.2) is 23.5 Å². The molecule has 0 N–H and O–H groups in total. The largest absolute Gasteiger partial charge is 0.297 e. The smallest absolute Gasteiger partial charge is 0.0101 e. The molecule has 1 aliphatic heterocycles. The van der Waals surface area contributed by atoms with E-state index in [1.807, 2.05) is 0 Å². The summed E-state index contributed by atoms with van der Waals surface area (Å²) in [6.07, 6.45) is 5.80. The molecule has 2 rings (SSSR count). The summed E-state index contributed by atoms with van der Waals surface area (Å²) in [6, 6.07) is 1.77. The van der Waals surface area contributed by atoms with Gasteiger partial charge in [0.25, 0.3) is 0 Å². The van der Waals surface area contributed by atoms with Crippen LogP contribution in [0.5, 0.6) is 0 Å². The van der Waals surface area contributed by atoms with Crippen LogP contribution in [0.15, 0.2) is 0 Å². The lowest BCUT2D eigenvalue weighted by Gasteiger charge is -2.29. The van der Waals surface area contributed by atoms with E-state index in [4.69, 9.17) is 0 Å². The fourth-order valence-electron chi connectivity index (χ4n) is 3.12. The molecule has 0 aromatic carbocycles. The Kier molecular flexibility index (Phi) is 2.64. The summed E-state index contributed by atoms with van der Waals surface area (Å²) in [7, 11) is 0. The van der Waals surface area contributed by atoms with E-state index in [2.05, 4.69) is 25.7 Å². The van der Waals surface area contributed by atoms with Crippen LogP contribution in [-0.2, 0) is 0 Å². The third kappa shape index (κ3) is 1.76. The highest BCUT2D eigenvalue weighted by molar-refractivity contribution is 4.89. The number of nitrogens with zero attached hydrogens (tertiary/aromatic N) is 1. The van der Waals surface area contributed by atoms with Gasteiger partial charge in [-0.2, -0.15) is 0 Å². The van der Waals surface area contributed by atoms with Gasteiger partial charge in [-0.1, -0.05) is 13.8 Å². The molecule has 0 radical (unpaired) electrons. The van der Waals surface area contributed by atoms with Crippen molar-refractivity contribution in [2.45, 2.75) is 58.5 Å². The lowest BCUT2D eigenvalue weighted by molar-refractivity contribution is 0.175. The Balaban J connectivity index is 1.94. The minimum atomic E-state index is 0.843. The van der Waals surface area contributed by atoms with Crippen molar-refractivity contribution < 1.29 is 0 Å². The molecule has 1 saturated heterocycles. The Morgan fingerprint density at radius 2 is 1.77 bits per heavy atom. The van der Waals surface area contributed by atoms with E-state index in [0.717, 1.165) is 23.9 Å². The van der Waals surface area contributed by atoms with Crippen LogP contribution < -0.4 is 0 Å². The Bertz CT molecular complexity index is 178. The Labute approximate surface area is 82.5 Å². The third-order valence-corrected chi connectivity index (χ3v) is 4.33. The van der Waals surface area contributed by atoms with Crippen LogP contribution in [0.3, 0.4) is 0 Å². The van der Waals surface area contributed by atoms with Crippen molar-refractivity contribution in [2.24, 2.45) is 11.8 Å². The van der Waals surface area contributed by atoms with E-state index >= 15 is 0 Å². The number of rotatable bonds is 1. The van der Waals surface area contributed by atoms with Gasteiger partial charge in [-0.25, -0.2) is 0 Å². The van der Waals surface area contributed by atoms with E-state index in [1.165, 1.54) is 32.2 Å². The van der Waals surface area contributed by atoms with Crippen molar-refractivity contribution in [1.29, 1.82) is 0 Å². The quantitative estimate of drug-likeness (QED) is 0.601.